The van der Waals surface area contributed by atoms with Crippen molar-refractivity contribution < 1.29 is 33.9 Å². The summed E-state index contributed by atoms with van der Waals surface area (Å²) in [6.07, 6.45) is 5.51. The highest BCUT2D eigenvalue weighted by molar-refractivity contribution is 6.12. The molecular formula is C25H41N3O7. The molecule has 1 unspecified atom stereocenters. The highest BCUT2D eigenvalue weighted by Crippen LogP contribution is 2.10. The van der Waals surface area contributed by atoms with Gasteiger partial charge in [-0.1, -0.05) is 47.5 Å². The number of rotatable bonds is 15. The number of carboxylic acid groups (broad SMARTS) is 1. The third-order valence-corrected chi connectivity index (χ3v) is 5.15. The maximum absolute atomic E-state index is 12.7. The van der Waals surface area contributed by atoms with E-state index in [0.29, 0.717) is 25.8 Å². The van der Waals surface area contributed by atoms with Gasteiger partial charge < -0.3 is 15.7 Å². The van der Waals surface area contributed by atoms with Crippen LogP contribution < -0.4 is 10.6 Å². The molecule has 10 heteroatoms. The molecule has 0 aromatic carbocycles. The molecule has 35 heavy (non-hydrogen) atoms. The van der Waals surface area contributed by atoms with Crippen molar-refractivity contribution in [3.8, 4) is 0 Å². The van der Waals surface area contributed by atoms with Gasteiger partial charge in [0.2, 0.25) is 11.8 Å². The predicted molar refractivity (Wildman–Crippen MR) is 131 cm³/mol. The van der Waals surface area contributed by atoms with E-state index in [4.69, 9.17) is 5.11 Å². The average Bonchev–Trinajstić information content (AvgIpc) is 3.11. The third-order valence-electron chi connectivity index (χ3n) is 5.15. The van der Waals surface area contributed by atoms with Gasteiger partial charge in [0.05, 0.1) is 6.04 Å². The van der Waals surface area contributed by atoms with Crippen molar-refractivity contribution in [3.05, 3.63) is 12.2 Å². The Kier molecular flexibility index (Phi) is 15.9. The van der Waals surface area contributed by atoms with Gasteiger partial charge in [0.25, 0.3) is 11.8 Å². The number of carboxylic acids is 1. The summed E-state index contributed by atoms with van der Waals surface area (Å²) < 4.78 is 0. The second kappa shape index (κ2) is 17.4. The predicted octanol–water partition coefficient (Wildman–Crippen LogP) is 2.36. The molecule has 10 nitrogen and oxygen atoms in total. The third kappa shape index (κ3) is 12.8. The van der Waals surface area contributed by atoms with E-state index in [1.54, 1.807) is 20.8 Å². The minimum atomic E-state index is -1.06. The van der Waals surface area contributed by atoms with E-state index in [2.05, 4.69) is 24.5 Å². The Labute approximate surface area is 207 Å². The highest BCUT2D eigenvalue weighted by atomic mass is 16.4. The van der Waals surface area contributed by atoms with Crippen LogP contribution in [0.3, 0.4) is 0 Å². The van der Waals surface area contributed by atoms with Gasteiger partial charge in [-0.2, -0.15) is 0 Å². The molecule has 3 N–H and O–H groups in total. The summed E-state index contributed by atoms with van der Waals surface area (Å²) in [5.74, 6) is -3.07. The molecule has 1 aliphatic rings. The van der Waals surface area contributed by atoms with Crippen LogP contribution in [0.25, 0.3) is 0 Å². The van der Waals surface area contributed by atoms with Crippen LogP contribution in [0.1, 0.15) is 86.0 Å². The number of carbonyl (C=O) groups is 6. The van der Waals surface area contributed by atoms with Crippen LogP contribution in [-0.2, 0) is 28.8 Å². The number of hydrogen-bond acceptors (Lipinski definition) is 6. The Morgan fingerprint density at radius 2 is 1.49 bits per heavy atom. The average molecular weight is 496 g/mol. The number of amides is 4. The summed E-state index contributed by atoms with van der Waals surface area (Å²) in [4.78, 5) is 72.0. The molecule has 1 rings (SSSR count). The first kappa shape index (κ1) is 32.0. The van der Waals surface area contributed by atoms with E-state index in [1.807, 2.05) is 0 Å². The summed E-state index contributed by atoms with van der Waals surface area (Å²) in [5, 5.41) is 14.1. The second-order valence-corrected chi connectivity index (χ2v) is 8.78. The molecule has 0 aromatic rings. The maximum Gasteiger partial charge on any atom is 0.303 e. The van der Waals surface area contributed by atoms with E-state index in [1.165, 1.54) is 18.6 Å². The number of carbonyl (C=O) groups excluding carboxylic acids is 5. The Morgan fingerprint density at radius 3 is 1.97 bits per heavy atom. The number of hydrogen-bond donors (Lipinski definition) is 3. The molecule has 0 saturated heterocycles. The van der Waals surface area contributed by atoms with Crippen LogP contribution in [0.5, 0.6) is 0 Å². The first-order valence-corrected chi connectivity index (χ1v) is 12.4. The Bertz CT molecular complexity index is 759. The lowest BCUT2D eigenvalue weighted by atomic mass is 10.00. The first-order chi connectivity index (χ1) is 16.5. The molecule has 0 spiro atoms. The smallest absolute Gasteiger partial charge is 0.303 e. The number of aliphatic carboxylic acids is 1. The van der Waals surface area contributed by atoms with E-state index in [-0.39, 0.29) is 55.1 Å². The van der Waals surface area contributed by atoms with Gasteiger partial charge in [-0.05, 0) is 25.2 Å². The van der Waals surface area contributed by atoms with Crippen molar-refractivity contribution in [3.63, 3.8) is 0 Å². The molecule has 0 aromatic heterocycles. The number of nitrogens with one attached hydrogen (secondary N) is 2. The number of imide groups is 1. The van der Waals surface area contributed by atoms with Crippen molar-refractivity contribution in [2.75, 3.05) is 6.54 Å². The monoisotopic (exact) mass is 495 g/mol. The minimum absolute atomic E-state index is 0.00987. The molecule has 2 atom stereocenters. The lowest BCUT2D eigenvalue weighted by molar-refractivity contribution is -0.138. The van der Waals surface area contributed by atoms with Gasteiger partial charge in [0.1, 0.15) is 6.04 Å². The van der Waals surface area contributed by atoms with Crippen LogP contribution >= 0.6 is 0 Å². The van der Waals surface area contributed by atoms with Gasteiger partial charge in [-0.15, -0.1) is 0 Å². The number of unbranched alkanes of at least 4 members (excludes halogenated alkanes) is 2. The minimum Gasteiger partial charge on any atom is -0.481 e. The summed E-state index contributed by atoms with van der Waals surface area (Å²) in [6.45, 7) is 9.70. The zero-order valence-corrected chi connectivity index (χ0v) is 21.6. The van der Waals surface area contributed by atoms with Crippen LogP contribution in [0, 0.1) is 5.92 Å². The number of ketones is 1. The van der Waals surface area contributed by atoms with E-state index in [9.17, 15) is 28.8 Å². The molecule has 198 valence electrons. The zero-order valence-electron chi connectivity index (χ0n) is 21.6. The zero-order chi connectivity index (χ0) is 27.0. The van der Waals surface area contributed by atoms with E-state index >= 15 is 0 Å². The van der Waals surface area contributed by atoms with Gasteiger partial charge >= 0.3 is 5.97 Å². The van der Waals surface area contributed by atoms with Crippen LogP contribution in [0.2, 0.25) is 0 Å². The van der Waals surface area contributed by atoms with Crippen LogP contribution in [0.4, 0.5) is 0 Å². The molecule has 0 saturated carbocycles. The molecule has 1 aliphatic heterocycles. The molecule has 4 amide bonds. The molecule has 0 aliphatic carbocycles. The van der Waals surface area contributed by atoms with Gasteiger partial charge in [-0.25, -0.2) is 0 Å². The lowest BCUT2D eigenvalue weighted by Crippen LogP contribution is -2.53. The van der Waals surface area contributed by atoms with Crippen molar-refractivity contribution in [2.45, 2.75) is 98.1 Å². The van der Waals surface area contributed by atoms with Gasteiger partial charge in [-0.3, -0.25) is 33.7 Å². The largest absolute Gasteiger partial charge is 0.481 e. The number of nitrogens with zero attached hydrogens (tertiary/aromatic N) is 1. The Balaban J connectivity index is 0.00000365. The van der Waals surface area contributed by atoms with E-state index < -0.39 is 24.0 Å². The van der Waals surface area contributed by atoms with Crippen LogP contribution in [0.15, 0.2) is 12.2 Å². The summed E-state index contributed by atoms with van der Waals surface area (Å²) in [6, 6.07) is -1.77. The van der Waals surface area contributed by atoms with E-state index in [0.717, 1.165) is 4.90 Å². The molecule has 0 radical (unpaired) electrons. The lowest BCUT2D eigenvalue weighted by Gasteiger charge is -2.25. The van der Waals surface area contributed by atoms with Crippen molar-refractivity contribution in [1.29, 1.82) is 0 Å². The standard InChI is InChI=1S/C22H33N3O7.C3H8/c1-4-16(26)15(9-12-20(30)31)23-22(32)21(14(2)3)24-17(27)8-6-5-7-13-25-18(28)10-11-19(25)29;1-3-2/h10-11,14-15,21H,4-9,12-13H2,1-3H3,(H,23,32)(H,24,27)(H,30,31);3H2,1-2H3/t15-,21?;/m0./s1. The second-order valence-electron chi connectivity index (χ2n) is 8.78. The molecule has 0 fully saturated rings. The SMILES string of the molecule is CCC.CCC(=O)[C@H](CCC(=O)O)NC(=O)C(NC(=O)CCCCCN1C(=O)C=CC1=O)C(C)C. The van der Waals surface area contributed by atoms with Crippen molar-refractivity contribution >= 4 is 35.4 Å². The first-order valence-electron chi connectivity index (χ1n) is 12.4. The maximum atomic E-state index is 12.7. The Hall–Kier alpha value is -3.04. The summed E-state index contributed by atoms with van der Waals surface area (Å²) in [7, 11) is 0. The molecule has 0 bridgehead atoms. The summed E-state index contributed by atoms with van der Waals surface area (Å²) >= 11 is 0. The van der Waals surface area contributed by atoms with Gasteiger partial charge in [0.15, 0.2) is 5.78 Å². The quantitative estimate of drug-likeness (QED) is 0.233. The van der Waals surface area contributed by atoms with Crippen LogP contribution in [-0.4, -0.2) is 64.0 Å². The fourth-order valence-electron chi connectivity index (χ4n) is 3.25. The van der Waals surface area contributed by atoms with Crippen molar-refractivity contribution in [1.82, 2.24) is 15.5 Å². The van der Waals surface area contributed by atoms with Gasteiger partial charge in [0, 0.05) is 38.0 Å². The fraction of sp³-hybridized carbons (Fsp3) is 0.680. The Morgan fingerprint density at radius 1 is 0.914 bits per heavy atom. The molecular weight excluding hydrogens is 454 g/mol. The molecule has 1 heterocycles. The number of Topliss-reactive ketones (excluding diaryl/α,β-unsaturated/α-hetero) is 1. The fourth-order valence-corrected chi connectivity index (χ4v) is 3.25. The normalized spacial score (nSPS) is 14.3. The summed E-state index contributed by atoms with van der Waals surface area (Å²) in [5.41, 5.74) is 0. The van der Waals surface area contributed by atoms with Crippen molar-refractivity contribution in [2.24, 2.45) is 5.92 Å². The topological polar surface area (TPSA) is 150 Å². The highest BCUT2D eigenvalue weighted by Gasteiger charge is 2.28.